The van der Waals surface area contributed by atoms with Gasteiger partial charge in [-0.1, -0.05) is 52.0 Å². The van der Waals surface area contributed by atoms with Crippen molar-refractivity contribution in [3.8, 4) is 0 Å². The highest BCUT2D eigenvalue weighted by Crippen LogP contribution is 2.31. The monoisotopic (exact) mass is 521 g/mol. The molecule has 0 radical (unpaired) electrons. The molecular formula is C29H47NO7. The third-order valence-corrected chi connectivity index (χ3v) is 7.48. The molecule has 8 nitrogen and oxygen atoms in total. The minimum atomic E-state index is -0.839. The molecule has 210 valence electrons. The molecule has 37 heavy (non-hydrogen) atoms. The van der Waals surface area contributed by atoms with Crippen LogP contribution in [-0.4, -0.2) is 84.3 Å². The second kappa shape index (κ2) is 14.9. The maximum Gasteiger partial charge on any atom is 0.330 e. The van der Waals surface area contributed by atoms with Crippen LogP contribution in [0.4, 0.5) is 0 Å². The Balaban J connectivity index is 2.35. The fourth-order valence-corrected chi connectivity index (χ4v) is 5.22. The number of aliphatic hydroxyl groups excluding tert-OH is 2. The van der Waals surface area contributed by atoms with Gasteiger partial charge in [0.1, 0.15) is 12.2 Å². The number of allylic oxidation sites excluding steroid dienone is 3. The molecule has 0 aromatic heterocycles. The van der Waals surface area contributed by atoms with Crippen LogP contribution in [0.1, 0.15) is 53.9 Å². The number of hydrogen-bond donors (Lipinski definition) is 2. The van der Waals surface area contributed by atoms with Gasteiger partial charge in [0.2, 0.25) is 0 Å². The number of carbonyl (C=O) groups is 2. The normalized spacial score (nSPS) is 41.2. The van der Waals surface area contributed by atoms with E-state index in [1.807, 2.05) is 53.6 Å². The SMILES string of the molecule is CCC1OC(=O)/C=C/[C@H](C)C(O[C@@H]2O[C@H](C)C[C@H](N(C)C)[C@H]2O)[C@@H](C)C[C@@H](C)C(=O)/C=C/C=C\[C@@H]1CO. The topological polar surface area (TPSA) is 106 Å². The summed E-state index contributed by atoms with van der Waals surface area (Å²) >= 11 is 0. The summed E-state index contributed by atoms with van der Waals surface area (Å²) < 4.78 is 18.1. The molecule has 0 aliphatic carbocycles. The zero-order chi connectivity index (χ0) is 27.7. The number of likely N-dealkylation sites (N-methyl/N-ethyl adjacent to an activating group) is 1. The predicted molar refractivity (Wildman–Crippen MR) is 143 cm³/mol. The van der Waals surface area contributed by atoms with Crippen LogP contribution in [0.3, 0.4) is 0 Å². The molecule has 0 amide bonds. The molecule has 2 heterocycles. The van der Waals surface area contributed by atoms with E-state index in [2.05, 4.69) is 0 Å². The van der Waals surface area contributed by atoms with Crippen LogP contribution in [0.15, 0.2) is 36.5 Å². The largest absolute Gasteiger partial charge is 0.459 e. The Labute approximate surface area is 222 Å². The molecule has 0 saturated carbocycles. The zero-order valence-corrected chi connectivity index (χ0v) is 23.4. The van der Waals surface area contributed by atoms with Gasteiger partial charge in [-0.05, 0) is 52.3 Å². The van der Waals surface area contributed by atoms with Gasteiger partial charge in [0.15, 0.2) is 12.1 Å². The number of carbonyl (C=O) groups excluding carboxylic acids is 2. The molecule has 1 saturated heterocycles. The van der Waals surface area contributed by atoms with Crippen molar-refractivity contribution in [2.45, 2.75) is 90.6 Å². The number of nitrogens with zero attached hydrogens (tertiary/aromatic N) is 1. The Morgan fingerprint density at radius 3 is 2.38 bits per heavy atom. The fourth-order valence-electron chi connectivity index (χ4n) is 5.22. The molecule has 2 aliphatic heterocycles. The highest BCUT2D eigenvalue weighted by atomic mass is 16.7. The molecule has 0 spiro atoms. The molecule has 2 rings (SSSR count). The number of cyclic esters (lactones) is 1. The highest BCUT2D eigenvalue weighted by molar-refractivity contribution is 5.91. The van der Waals surface area contributed by atoms with E-state index in [-0.39, 0.29) is 48.2 Å². The summed E-state index contributed by atoms with van der Waals surface area (Å²) in [5.41, 5.74) is 0. The molecule has 0 aromatic carbocycles. The van der Waals surface area contributed by atoms with Crippen LogP contribution < -0.4 is 0 Å². The lowest BCUT2D eigenvalue weighted by Crippen LogP contribution is -2.55. The van der Waals surface area contributed by atoms with Crippen molar-refractivity contribution >= 4 is 11.8 Å². The zero-order valence-electron chi connectivity index (χ0n) is 23.4. The van der Waals surface area contributed by atoms with E-state index < -0.39 is 30.6 Å². The number of esters is 1. The van der Waals surface area contributed by atoms with Crippen LogP contribution in [0.25, 0.3) is 0 Å². The minimum absolute atomic E-state index is 0.000183. The van der Waals surface area contributed by atoms with Crippen molar-refractivity contribution in [3.63, 3.8) is 0 Å². The van der Waals surface area contributed by atoms with Gasteiger partial charge in [-0.3, -0.25) is 4.79 Å². The van der Waals surface area contributed by atoms with Crippen LogP contribution in [0.2, 0.25) is 0 Å². The maximum atomic E-state index is 12.8. The molecule has 1 fully saturated rings. The predicted octanol–water partition coefficient (Wildman–Crippen LogP) is 3.28. The first-order chi connectivity index (χ1) is 17.5. The number of aliphatic hydroxyl groups is 2. The molecule has 2 aliphatic rings. The van der Waals surface area contributed by atoms with E-state index >= 15 is 0 Å². The Hall–Kier alpha value is -1.84. The summed E-state index contributed by atoms with van der Waals surface area (Å²) in [6.45, 7) is 9.54. The van der Waals surface area contributed by atoms with Gasteiger partial charge >= 0.3 is 5.97 Å². The molecule has 2 N–H and O–H groups in total. The second-order valence-electron chi connectivity index (χ2n) is 10.9. The molecule has 2 unspecified atom stereocenters. The first-order valence-electron chi connectivity index (χ1n) is 13.5. The van der Waals surface area contributed by atoms with E-state index in [1.165, 1.54) is 12.2 Å². The van der Waals surface area contributed by atoms with Crippen molar-refractivity contribution in [1.29, 1.82) is 0 Å². The number of ether oxygens (including phenoxy) is 3. The van der Waals surface area contributed by atoms with Crippen molar-refractivity contribution in [1.82, 2.24) is 4.90 Å². The Morgan fingerprint density at radius 1 is 1.05 bits per heavy atom. The van der Waals surface area contributed by atoms with Gasteiger partial charge in [-0.2, -0.15) is 0 Å². The molecule has 10 atom stereocenters. The Kier molecular flexibility index (Phi) is 12.7. The van der Waals surface area contributed by atoms with Crippen molar-refractivity contribution in [2.75, 3.05) is 20.7 Å². The number of hydrogen-bond acceptors (Lipinski definition) is 8. The molecule has 0 aromatic rings. The molecule has 0 bridgehead atoms. The maximum absolute atomic E-state index is 12.8. The summed E-state index contributed by atoms with van der Waals surface area (Å²) in [6, 6.07) is -0.111. The fraction of sp³-hybridized carbons (Fsp3) is 0.724. The summed E-state index contributed by atoms with van der Waals surface area (Å²) in [6.07, 6.45) is 8.95. The smallest absolute Gasteiger partial charge is 0.330 e. The van der Waals surface area contributed by atoms with E-state index in [0.717, 1.165) is 0 Å². The summed E-state index contributed by atoms with van der Waals surface area (Å²) in [7, 11) is 3.85. The van der Waals surface area contributed by atoms with E-state index in [4.69, 9.17) is 14.2 Å². The van der Waals surface area contributed by atoms with Crippen molar-refractivity contribution < 1.29 is 34.0 Å². The van der Waals surface area contributed by atoms with Crippen LogP contribution in [-0.2, 0) is 23.8 Å². The number of ketones is 1. The van der Waals surface area contributed by atoms with Crippen molar-refractivity contribution in [3.05, 3.63) is 36.5 Å². The lowest BCUT2D eigenvalue weighted by molar-refractivity contribution is -0.277. The summed E-state index contributed by atoms with van der Waals surface area (Å²) in [5, 5.41) is 20.8. The molecular weight excluding hydrogens is 474 g/mol. The lowest BCUT2D eigenvalue weighted by Gasteiger charge is -2.43. The highest BCUT2D eigenvalue weighted by Gasteiger charge is 2.40. The lowest BCUT2D eigenvalue weighted by atomic mass is 9.84. The first-order valence-corrected chi connectivity index (χ1v) is 13.5. The van der Waals surface area contributed by atoms with Crippen LogP contribution >= 0.6 is 0 Å². The van der Waals surface area contributed by atoms with Gasteiger partial charge < -0.3 is 29.3 Å². The van der Waals surface area contributed by atoms with Gasteiger partial charge in [0, 0.05) is 29.9 Å². The minimum Gasteiger partial charge on any atom is -0.459 e. The Morgan fingerprint density at radius 2 is 1.76 bits per heavy atom. The third-order valence-electron chi connectivity index (χ3n) is 7.48. The van der Waals surface area contributed by atoms with Crippen LogP contribution in [0, 0.1) is 23.7 Å². The van der Waals surface area contributed by atoms with Gasteiger partial charge in [-0.25, -0.2) is 4.79 Å². The Bertz CT molecular complexity index is 823. The standard InChI is InChI=1S/C29H47NO7/c1-8-25-22(17-31)11-9-10-12-24(32)19(3)15-20(4)28(18(2)13-14-26(33)36-25)37-29-27(34)23(30(6)7)16-21(5)35-29/h9-14,18-23,25,27-29,31,34H,8,15-17H2,1-7H3/b11-9-,12-10+,14-13+/t18-,19+,20-,21+,22+,23-,25?,27+,28?,29-/m0/s1. The third kappa shape index (κ3) is 9.14. The molecule has 8 heteroatoms. The van der Waals surface area contributed by atoms with Gasteiger partial charge in [0.05, 0.1) is 18.8 Å². The average molecular weight is 522 g/mol. The second-order valence-corrected chi connectivity index (χ2v) is 10.9. The average Bonchev–Trinajstić information content (AvgIpc) is 2.85. The van der Waals surface area contributed by atoms with E-state index in [0.29, 0.717) is 19.3 Å². The summed E-state index contributed by atoms with van der Waals surface area (Å²) in [4.78, 5) is 27.4. The van der Waals surface area contributed by atoms with Crippen molar-refractivity contribution in [2.24, 2.45) is 23.7 Å². The van der Waals surface area contributed by atoms with E-state index in [1.54, 1.807) is 24.3 Å². The van der Waals surface area contributed by atoms with Gasteiger partial charge in [-0.15, -0.1) is 0 Å². The number of rotatable bonds is 5. The quantitative estimate of drug-likeness (QED) is 0.531. The van der Waals surface area contributed by atoms with Gasteiger partial charge in [0.25, 0.3) is 0 Å². The van der Waals surface area contributed by atoms with E-state index in [9.17, 15) is 19.8 Å². The van der Waals surface area contributed by atoms with Crippen LogP contribution in [0.5, 0.6) is 0 Å². The first kappa shape index (κ1) is 31.4. The summed E-state index contributed by atoms with van der Waals surface area (Å²) in [5.74, 6) is -1.41.